The first-order chi connectivity index (χ1) is 20.0. The number of piperidine rings is 1. The third-order valence-electron chi connectivity index (χ3n) is 9.57. The Morgan fingerprint density at radius 3 is 2.46 bits per heavy atom. The quantitative estimate of drug-likeness (QED) is 0.545. The number of benzene rings is 2. The van der Waals surface area contributed by atoms with E-state index in [0.717, 1.165) is 70.0 Å². The molecule has 1 unspecified atom stereocenters. The fourth-order valence-electron chi connectivity index (χ4n) is 7.20. The van der Waals surface area contributed by atoms with E-state index in [0.29, 0.717) is 30.5 Å². The van der Waals surface area contributed by atoms with Gasteiger partial charge in [0.2, 0.25) is 11.8 Å². The van der Waals surface area contributed by atoms with Gasteiger partial charge in [-0.15, -0.1) is 0 Å². The fourth-order valence-corrected chi connectivity index (χ4v) is 7.20. The molecule has 3 atom stereocenters. The number of carbonyl (C=O) groups is 3. The molecule has 2 aromatic carbocycles. The van der Waals surface area contributed by atoms with Crippen LogP contribution in [0.25, 0.3) is 0 Å². The third kappa shape index (κ3) is 5.21. The van der Waals surface area contributed by atoms with Crippen molar-refractivity contribution in [2.24, 2.45) is 0 Å². The predicted molar refractivity (Wildman–Crippen MR) is 153 cm³/mol. The maximum absolute atomic E-state index is 13.1. The Hall–Kier alpha value is -3.43. The normalized spacial score (nSPS) is 27.4. The van der Waals surface area contributed by atoms with Crippen LogP contribution in [-0.2, 0) is 20.9 Å². The summed E-state index contributed by atoms with van der Waals surface area (Å²) in [6.07, 6.45) is 5.29. The van der Waals surface area contributed by atoms with Crippen molar-refractivity contribution in [2.75, 3.05) is 44.3 Å². The minimum absolute atomic E-state index is 0.120. The van der Waals surface area contributed by atoms with Crippen molar-refractivity contribution >= 4 is 23.4 Å². The number of likely N-dealkylation sites (tertiary alicyclic amines) is 1. The zero-order valence-corrected chi connectivity index (χ0v) is 23.4. The Kier molecular flexibility index (Phi) is 7.16. The second kappa shape index (κ2) is 11.1. The number of hydrogen-bond acceptors (Lipinski definition) is 7. The van der Waals surface area contributed by atoms with Crippen LogP contribution >= 0.6 is 0 Å². The average molecular weight is 559 g/mol. The molecule has 3 amide bonds. The second-order valence-electron chi connectivity index (χ2n) is 12.1. The maximum atomic E-state index is 13.1. The summed E-state index contributed by atoms with van der Waals surface area (Å²) in [5, 5.41) is 2.37. The highest BCUT2D eigenvalue weighted by molar-refractivity contribution is 6.05. The lowest BCUT2D eigenvalue weighted by atomic mass is 9.84. The van der Waals surface area contributed by atoms with Crippen molar-refractivity contribution in [2.45, 2.75) is 69.2 Å². The molecule has 216 valence electrons. The Labute approximate surface area is 240 Å². The molecule has 4 fully saturated rings. The largest absolute Gasteiger partial charge is 0.489 e. The number of nitrogens with zero attached hydrogens (tertiary/aromatic N) is 3. The molecule has 2 aromatic rings. The zero-order chi connectivity index (χ0) is 27.9. The minimum atomic E-state index is -0.602. The lowest BCUT2D eigenvalue weighted by Gasteiger charge is -2.48. The summed E-state index contributed by atoms with van der Waals surface area (Å²) in [5.41, 5.74) is 4.20. The molecule has 0 radical (unpaired) electrons. The topological polar surface area (TPSA) is 91.4 Å². The number of carbonyl (C=O) groups excluding carboxylic acids is 3. The smallest absolute Gasteiger partial charge is 0.255 e. The maximum Gasteiger partial charge on any atom is 0.255 e. The molecule has 5 aliphatic rings. The summed E-state index contributed by atoms with van der Waals surface area (Å²) in [4.78, 5) is 43.6. The number of morpholine rings is 1. The van der Waals surface area contributed by atoms with E-state index in [-0.39, 0.29) is 30.2 Å². The van der Waals surface area contributed by atoms with E-state index in [1.54, 1.807) is 4.90 Å². The minimum Gasteiger partial charge on any atom is -0.489 e. The molecule has 1 saturated carbocycles. The highest BCUT2D eigenvalue weighted by Crippen LogP contribution is 2.37. The van der Waals surface area contributed by atoms with Gasteiger partial charge in [-0.1, -0.05) is 18.6 Å². The molecule has 1 N–H and O–H groups in total. The molecular weight excluding hydrogens is 520 g/mol. The van der Waals surface area contributed by atoms with Gasteiger partial charge in [0.25, 0.3) is 5.91 Å². The monoisotopic (exact) mass is 558 g/mol. The number of amides is 3. The molecule has 41 heavy (non-hydrogen) atoms. The summed E-state index contributed by atoms with van der Waals surface area (Å²) < 4.78 is 12.1. The molecule has 0 aromatic heterocycles. The van der Waals surface area contributed by atoms with Crippen molar-refractivity contribution < 1.29 is 23.9 Å². The van der Waals surface area contributed by atoms with E-state index in [1.165, 1.54) is 17.7 Å². The molecule has 0 spiro atoms. The number of rotatable bonds is 6. The van der Waals surface area contributed by atoms with Crippen LogP contribution in [0.2, 0.25) is 0 Å². The van der Waals surface area contributed by atoms with Crippen molar-refractivity contribution in [3.63, 3.8) is 0 Å². The van der Waals surface area contributed by atoms with Crippen LogP contribution in [0.3, 0.4) is 0 Å². The van der Waals surface area contributed by atoms with E-state index in [4.69, 9.17) is 9.47 Å². The van der Waals surface area contributed by atoms with E-state index < -0.39 is 6.04 Å². The van der Waals surface area contributed by atoms with Crippen molar-refractivity contribution in [3.05, 3.63) is 59.2 Å². The van der Waals surface area contributed by atoms with Crippen molar-refractivity contribution in [3.8, 4) is 5.75 Å². The highest BCUT2D eigenvalue weighted by Gasteiger charge is 2.41. The molecule has 1 aliphatic carbocycles. The lowest BCUT2D eigenvalue weighted by Crippen LogP contribution is -2.57. The first-order valence-corrected chi connectivity index (χ1v) is 15.1. The van der Waals surface area contributed by atoms with E-state index in [1.807, 2.05) is 18.2 Å². The van der Waals surface area contributed by atoms with E-state index in [9.17, 15) is 14.4 Å². The molecule has 4 heterocycles. The summed E-state index contributed by atoms with van der Waals surface area (Å²) in [5.74, 6) is 0.532. The SMILES string of the molecule is O=C1CCC(N2Cc3cc(O[C@@H]4CCCC[C@@H]4N4CC(c5ccc(N6CCOCC6)cc5)C4)ccc3C2=O)C(=O)N1. The van der Waals surface area contributed by atoms with Gasteiger partial charge in [0.05, 0.1) is 13.2 Å². The van der Waals surface area contributed by atoms with E-state index in [2.05, 4.69) is 39.4 Å². The molecule has 7 rings (SSSR count). The van der Waals surface area contributed by atoms with Crippen LogP contribution in [0.1, 0.15) is 65.9 Å². The summed E-state index contributed by atoms with van der Waals surface area (Å²) in [7, 11) is 0. The summed E-state index contributed by atoms with van der Waals surface area (Å²) in [6, 6.07) is 14.6. The number of anilines is 1. The van der Waals surface area contributed by atoms with Crippen molar-refractivity contribution in [1.29, 1.82) is 0 Å². The van der Waals surface area contributed by atoms with Gasteiger partial charge in [-0.05, 0) is 67.1 Å². The Morgan fingerprint density at radius 2 is 1.68 bits per heavy atom. The number of fused-ring (bicyclic) bond motifs is 1. The lowest BCUT2D eigenvalue weighted by molar-refractivity contribution is -0.136. The van der Waals surface area contributed by atoms with Gasteiger partial charge >= 0.3 is 0 Å². The van der Waals surface area contributed by atoms with Crippen LogP contribution in [0.4, 0.5) is 5.69 Å². The summed E-state index contributed by atoms with van der Waals surface area (Å²) >= 11 is 0. The molecule has 3 saturated heterocycles. The van der Waals surface area contributed by atoms with Crippen molar-refractivity contribution in [1.82, 2.24) is 15.1 Å². The fraction of sp³-hybridized carbons (Fsp3) is 0.531. The number of nitrogens with one attached hydrogen (secondary N) is 1. The van der Waals surface area contributed by atoms with Gasteiger partial charge < -0.3 is 19.3 Å². The van der Waals surface area contributed by atoms with Gasteiger partial charge in [0, 0.05) is 62.4 Å². The average Bonchev–Trinajstić information content (AvgIpc) is 3.29. The van der Waals surface area contributed by atoms with E-state index >= 15 is 0 Å². The van der Waals surface area contributed by atoms with Gasteiger partial charge in [-0.2, -0.15) is 0 Å². The summed E-state index contributed by atoms with van der Waals surface area (Å²) in [6.45, 7) is 5.99. The van der Waals surface area contributed by atoms with Crippen LogP contribution in [-0.4, -0.2) is 85.1 Å². The Bertz CT molecular complexity index is 1320. The first-order valence-electron chi connectivity index (χ1n) is 15.1. The second-order valence-corrected chi connectivity index (χ2v) is 12.1. The molecule has 0 bridgehead atoms. The Balaban J connectivity index is 0.974. The highest BCUT2D eigenvalue weighted by atomic mass is 16.5. The van der Waals surface area contributed by atoms with Crippen LogP contribution in [0, 0.1) is 0 Å². The standard InChI is InChI=1S/C32H38N4O5/c37-30-12-11-28(31(38)33-30)36-20-22-17-25(9-10-26(22)32(36)39)41-29-4-2-1-3-27(29)35-18-23(19-35)21-5-7-24(8-6-21)34-13-15-40-16-14-34/h5-10,17,23,27-29H,1-4,11-16,18-20H2,(H,33,37,38)/t27-,28?,29+/m0/s1. The van der Waals surface area contributed by atoms with Crippen LogP contribution < -0.4 is 15.0 Å². The first kappa shape index (κ1) is 26.5. The van der Waals surface area contributed by atoms with Gasteiger partial charge in [0.15, 0.2) is 0 Å². The zero-order valence-electron chi connectivity index (χ0n) is 23.4. The van der Waals surface area contributed by atoms with Gasteiger partial charge in [-0.3, -0.25) is 24.6 Å². The molecular formula is C32H38N4O5. The van der Waals surface area contributed by atoms with Crippen LogP contribution in [0.15, 0.2) is 42.5 Å². The number of ether oxygens (including phenoxy) is 2. The van der Waals surface area contributed by atoms with Crippen LogP contribution in [0.5, 0.6) is 5.75 Å². The molecule has 9 heteroatoms. The molecule has 9 nitrogen and oxygen atoms in total. The molecule has 4 aliphatic heterocycles. The van der Waals surface area contributed by atoms with Gasteiger partial charge in [0.1, 0.15) is 17.9 Å². The number of imide groups is 1. The number of hydrogen-bond donors (Lipinski definition) is 1. The third-order valence-corrected chi connectivity index (χ3v) is 9.57. The van der Waals surface area contributed by atoms with Gasteiger partial charge in [-0.25, -0.2) is 0 Å². The predicted octanol–water partition coefficient (Wildman–Crippen LogP) is 3.07. The Morgan fingerprint density at radius 1 is 0.902 bits per heavy atom.